The quantitative estimate of drug-likeness (QED) is 0.210. The number of hydrogen-bond donors (Lipinski definition) is 0. The van der Waals surface area contributed by atoms with E-state index in [9.17, 15) is 0 Å². The zero-order valence-electron chi connectivity index (χ0n) is 24.1. The second-order valence-electron chi connectivity index (χ2n) is 11.5. The lowest BCUT2D eigenvalue weighted by Crippen LogP contribution is -1.98. The number of rotatable bonds is 3. The van der Waals surface area contributed by atoms with Gasteiger partial charge < -0.3 is 8.98 Å². The molecule has 0 unspecified atom stereocenters. The summed E-state index contributed by atoms with van der Waals surface area (Å²) in [6.45, 7) is 0. The molecule has 0 aliphatic heterocycles. The molecule has 0 atom stereocenters. The van der Waals surface area contributed by atoms with E-state index in [-0.39, 0.29) is 0 Å². The third kappa shape index (κ3) is 3.43. The second kappa shape index (κ2) is 9.15. The minimum atomic E-state index is 0.681. The lowest BCUT2D eigenvalue weighted by Gasteiger charge is -2.10. The number of para-hydroxylation sites is 4. The van der Waals surface area contributed by atoms with Crippen LogP contribution in [0.1, 0.15) is 0 Å². The first-order valence-electron chi connectivity index (χ1n) is 15.1. The van der Waals surface area contributed by atoms with E-state index >= 15 is 0 Å². The molecule has 0 N–H and O–H groups in total. The molecule has 0 spiro atoms. The minimum absolute atomic E-state index is 0.681. The van der Waals surface area contributed by atoms with Crippen LogP contribution in [-0.4, -0.2) is 19.1 Å². The first kappa shape index (κ1) is 24.3. The van der Waals surface area contributed by atoms with Crippen molar-refractivity contribution in [2.45, 2.75) is 0 Å². The van der Waals surface area contributed by atoms with E-state index in [1.54, 1.807) is 6.33 Å². The summed E-state index contributed by atoms with van der Waals surface area (Å²) in [6.07, 6.45) is 1.64. The average molecular weight is 577 g/mol. The summed E-state index contributed by atoms with van der Waals surface area (Å²) in [5.41, 5.74) is 10.3. The molecular formula is C40H24N4O. The predicted molar refractivity (Wildman–Crippen MR) is 183 cm³/mol. The highest BCUT2D eigenvalue weighted by molar-refractivity contribution is 6.13. The molecule has 6 aromatic carbocycles. The maximum atomic E-state index is 6.40. The SMILES string of the molecule is c1ccc(-n2c3ccccc3c3ccc(-c4ccc5c6ccccc6n(-c6ncnc7c6oc6ccccc67)c5c4)cc32)cc1. The summed E-state index contributed by atoms with van der Waals surface area (Å²) in [6, 6.07) is 49.3. The van der Waals surface area contributed by atoms with Gasteiger partial charge in [-0.05, 0) is 59.7 Å². The Balaban J connectivity index is 1.25. The first-order valence-corrected chi connectivity index (χ1v) is 15.1. The lowest BCUT2D eigenvalue weighted by atomic mass is 10.0. The van der Waals surface area contributed by atoms with Crippen molar-refractivity contribution in [2.24, 2.45) is 0 Å². The van der Waals surface area contributed by atoms with E-state index in [0.29, 0.717) is 5.58 Å². The second-order valence-corrected chi connectivity index (χ2v) is 11.5. The van der Waals surface area contributed by atoms with Crippen molar-refractivity contribution in [3.8, 4) is 22.6 Å². The number of aromatic nitrogens is 4. The Morgan fingerprint density at radius 2 is 1.00 bits per heavy atom. The number of furan rings is 1. The zero-order valence-corrected chi connectivity index (χ0v) is 24.1. The molecule has 4 aromatic heterocycles. The Morgan fingerprint density at radius 1 is 0.444 bits per heavy atom. The lowest BCUT2D eigenvalue weighted by molar-refractivity contribution is 0.662. The van der Waals surface area contributed by atoms with Gasteiger partial charge in [-0.2, -0.15) is 0 Å². The van der Waals surface area contributed by atoms with Crippen molar-refractivity contribution >= 4 is 65.7 Å². The summed E-state index contributed by atoms with van der Waals surface area (Å²) >= 11 is 0. The van der Waals surface area contributed by atoms with Gasteiger partial charge in [-0.1, -0.05) is 91.0 Å². The highest BCUT2D eigenvalue weighted by Crippen LogP contribution is 2.39. The molecule has 5 nitrogen and oxygen atoms in total. The zero-order chi connectivity index (χ0) is 29.5. The van der Waals surface area contributed by atoms with E-state index in [1.165, 1.54) is 27.2 Å². The van der Waals surface area contributed by atoms with Crippen molar-refractivity contribution in [2.75, 3.05) is 0 Å². The van der Waals surface area contributed by atoms with E-state index in [0.717, 1.165) is 55.5 Å². The van der Waals surface area contributed by atoms with Crippen LogP contribution in [0.15, 0.2) is 150 Å². The van der Waals surface area contributed by atoms with E-state index < -0.39 is 0 Å². The first-order chi connectivity index (χ1) is 22.3. The van der Waals surface area contributed by atoms with Gasteiger partial charge in [0.2, 0.25) is 0 Å². The van der Waals surface area contributed by atoms with E-state index in [2.05, 4.69) is 129 Å². The topological polar surface area (TPSA) is 48.8 Å². The van der Waals surface area contributed by atoms with Crippen LogP contribution in [0.3, 0.4) is 0 Å². The van der Waals surface area contributed by atoms with Gasteiger partial charge in [-0.15, -0.1) is 0 Å². The van der Waals surface area contributed by atoms with Crippen LogP contribution in [0.5, 0.6) is 0 Å². The molecule has 4 heterocycles. The molecule has 0 saturated carbocycles. The van der Waals surface area contributed by atoms with Crippen LogP contribution in [0.4, 0.5) is 0 Å². The fourth-order valence-corrected chi connectivity index (χ4v) is 7.05. The summed E-state index contributed by atoms with van der Waals surface area (Å²) in [5, 5.41) is 5.80. The van der Waals surface area contributed by atoms with Crippen LogP contribution in [0.25, 0.3) is 88.3 Å². The van der Waals surface area contributed by atoms with Crippen LogP contribution in [0, 0.1) is 0 Å². The summed E-state index contributed by atoms with van der Waals surface area (Å²) in [7, 11) is 0. The summed E-state index contributed by atoms with van der Waals surface area (Å²) < 4.78 is 11.0. The van der Waals surface area contributed by atoms with Gasteiger partial charge >= 0.3 is 0 Å². The fraction of sp³-hybridized carbons (Fsp3) is 0. The van der Waals surface area contributed by atoms with E-state index in [1.807, 2.05) is 24.3 Å². The Hall–Kier alpha value is -6.20. The Morgan fingerprint density at radius 3 is 1.71 bits per heavy atom. The van der Waals surface area contributed by atoms with Crippen LogP contribution in [0.2, 0.25) is 0 Å². The van der Waals surface area contributed by atoms with Gasteiger partial charge in [0.25, 0.3) is 0 Å². The summed E-state index contributed by atoms with van der Waals surface area (Å²) in [5.74, 6) is 0.735. The number of nitrogens with zero attached hydrogens (tertiary/aromatic N) is 4. The Bertz CT molecular complexity index is 2770. The molecule has 5 heteroatoms. The smallest absolute Gasteiger partial charge is 0.197 e. The highest BCUT2D eigenvalue weighted by Gasteiger charge is 2.20. The molecule has 45 heavy (non-hydrogen) atoms. The average Bonchev–Trinajstić information content (AvgIpc) is 3.76. The third-order valence-electron chi connectivity index (χ3n) is 9.05. The molecule has 0 bridgehead atoms. The molecule has 210 valence electrons. The van der Waals surface area contributed by atoms with Crippen molar-refractivity contribution in [1.82, 2.24) is 19.1 Å². The Labute approximate surface area is 257 Å². The molecule has 0 saturated heterocycles. The molecule has 0 aliphatic rings. The normalized spacial score (nSPS) is 12.0. The molecule has 10 aromatic rings. The van der Waals surface area contributed by atoms with Gasteiger partial charge in [-0.25, -0.2) is 9.97 Å². The highest BCUT2D eigenvalue weighted by atomic mass is 16.3. The van der Waals surface area contributed by atoms with Gasteiger partial charge in [0, 0.05) is 32.6 Å². The van der Waals surface area contributed by atoms with Crippen LogP contribution in [-0.2, 0) is 0 Å². The minimum Gasteiger partial charge on any atom is -0.450 e. The monoisotopic (exact) mass is 576 g/mol. The Kier molecular flexibility index (Phi) is 4.93. The third-order valence-corrected chi connectivity index (χ3v) is 9.05. The standard InChI is InChI=1S/C40H24N4O/c1-2-10-27(11-3-1)43-33-15-7-4-12-28(33)30-20-18-25(22-35(30)43)26-19-21-31-29-13-5-8-16-34(29)44(36(31)23-26)40-39-38(41-24-42-40)32-14-6-9-17-37(32)45-39/h1-24H. The van der Waals surface area contributed by atoms with Crippen molar-refractivity contribution in [3.05, 3.63) is 146 Å². The van der Waals surface area contributed by atoms with Crippen molar-refractivity contribution < 1.29 is 4.42 Å². The molecule has 0 amide bonds. The van der Waals surface area contributed by atoms with Gasteiger partial charge in [0.1, 0.15) is 17.4 Å². The molecule has 10 rings (SSSR count). The van der Waals surface area contributed by atoms with Crippen molar-refractivity contribution in [3.63, 3.8) is 0 Å². The number of fused-ring (bicyclic) bond motifs is 9. The number of hydrogen-bond acceptors (Lipinski definition) is 3. The van der Waals surface area contributed by atoms with Gasteiger partial charge in [0.15, 0.2) is 11.4 Å². The predicted octanol–water partition coefficient (Wildman–Crippen LogP) is 10.2. The largest absolute Gasteiger partial charge is 0.450 e. The summed E-state index contributed by atoms with van der Waals surface area (Å²) in [4.78, 5) is 9.44. The fourth-order valence-electron chi connectivity index (χ4n) is 7.05. The van der Waals surface area contributed by atoms with Gasteiger partial charge in [0.05, 0.1) is 22.1 Å². The van der Waals surface area contributed by atoms with Crippen LogP contribution < -0.4 is 0 Å². The van der Waals surface area contributed by atoms with E-state index in [4.69, 9.17) is 9.40 Å². The van der Waals surface area contributed by atoms with Crippen LogP contribution >= 0.6 is 0 Å². The maximum Gasteiger partial charge on any atom is 0.197 e. The molecule has 0 radical (unpaired) electrons. The molecule has 0 fully saturated rings. The maximum absolute atomic E-state index is 6.40. The molecular weight excluding hydrogens is 552 g/mol. The van der Waals surface area contributed by atoms with Gasteiger partial charge in [-0.3, -0.25) is 4.57 Å². The molecule has 0 aliphatic carbocycles. The number of benzene rings is 6. The van der Waals surface area contributed by atoms with Crippen molar-refractivity contribution in [1.29, 1.82) is 0 Å².